The van der Waals surface area contributed by atoms with Crippen LogP contribution < -0.4 is 10.2 Å². The van der Waals surface area contributed by atoms with Crippen molar-refractivity contribution >= 4 is 28.5 Å². The van der Waals surface area contributed by atoms with E-state index in [2.05, 4.69) is 15.3 Å². The first-order valence-electron chi connectivity index (χ1n) is 9.95. The van der Waals surface area contributed by atoms with Gasteiger partial charge in [0.1, 0.15) is 17.2 Å². The quantitative estimate of drug-likeness (QED) is 0.667. The zero-order valence-electron chi connectivity index (χ0n) is 17.0. The SMILES string of the molecule is CC(=O)N1CCN(c2nc(C(=O)NCc3ccc(F)cc3)c(O)c3ncccc23)CC1. The lowest BCUT2D eigenvalue weighted by Crippen LogP contribution is -2.48. The van der Waals surface area contributed by atoms with E-state index in [1.54, 1.807) is 35.4 Å². The van der Waals surface area contributed by atoms with Crippen molar-refractivity contribution in [2.45, 2.75) is 13.5 Å². The molecule has 0 bridgehead atoms. The monoisotopic (exact) mass is 423 g/mol. The Bertz CT molecular complexity index is 1130. The number of pyridine rings is 2. The minimum Gasteiger partial charge on any atom is -0.504 e. The molecule has 0 spiro atoms. The smallest absolute Gasteiger partial charge is 0.274 e. The zero-order valence-corrected chi connectivity index (χ0v) is 17.0. The van der Waals surface area contributed by atoms with Gasteiger partial charge in [0.2, 0.25) is 5.91 Å². The lowest BCUT2D eigenvalue weighted by Gasteiger charge is -2.35. The van der Waals surface area contributed by atoms with E-state index in [0.29, 0.717) is 42.9 Å². The Morgan fingerprint density at radius 2 is 1.84 bits per heavy atom. The lowest BCUT2D eigenvalue weighted by molar-refractivity contribution is -0.129. The Labute approximate surface area is 178 Å². The van der Waals surface area contributed by atoms with Crippen LogP contribution in [0.2, 0.25) is 0 Å². The third-order valence-electron chi connectivity index (χ3n) is 5.32. The van der Waals surface area contributed by atoms with E-state index in [1.165, 1.54) is 19.1 Å². The van der Waals surface area contributed by atoms with Gasteiger partial charge in [-0.15, -0.1) is 0 Å². The van der Waals surface area contributed by atoms with Gasteiger partial charge in [0.05, 0.1) is 0 Å². The Morgan fingerprint density at radius 3 is 2.52 bits per heavy atom. The summed E-state index contributed by atoms with van der Waals surface area (Å²) < 4.78 is 13.1. The number of hydrogen-bond donors (Lipinski definition) is 2. The van der Waals surface area contributed by atoms with Crippen LogP contribution in [0.1, 0.15) is 23.0 Å². The van der Waals surface area contributed by atoms with Gasteiger partial charge in [0.25, 0.3) is 5.91 Å². The first-order valence-corrected chi connectivity index (χ1v) is 9.95. The second-order valence-corrected chi connectivity index (χ2v) is 7.33. The second-order valence-electron chi connectivity index (χ2n) is 7.33. The molecular weight excluding hydrogens is 401 g/mol. The Hall–Kier alpha value is -3.75. The van der Waals surface area contributed by atoms with Crippen molar-refractivity contribution in [1.29, 1.82) is 0 Å². The number of carbonyl (C=O) groups is 2. The predicted octanol–water partition coefficient (Wildman–Crippen LogP) is 2.07. The lowest BCUT2D eigenvalue weighted by atomic mass is 10.1. The molecular formula is C22H22FN5O3. The molecule has 8 nitrogen and oxygen atoms in total. The molecule has 1 aromatic carbocycles. The molecule has 0 saturated carbocycles. The van der Waals surface area contributed by atoms with E-state index < -0.39 is 5.91 Å². The molecule has 1 aliphatic heterocycles. The highest BCUT2D eigenvalue weighted by Crippen LogP contribution is 2.33. The third-order valence-corrected chi connectivity index (χ3v) is 5.32. The van der Waals surface area contributed by atoms with Crippen molar-refractivity contribution in [1.82, 2.24) is 20.2 Å². The number of benzene rings is 1. The van der Waals surface area contributed by atoms with Crippen molar-refractivity contribution in [3.63, 3.8) is 0 Å². The van der Waals surface area contributed by atoms with Crippen molar-refractivity contribution in [3.8, 4) is 5.75 Å². The fourth-order valence-corrected chi connectivity index (χ4v) is 3.61. The molecule has 4 rings (SSSR count). The number of rotatable bonds is 4. The number of aromatic nitrogens is 2. The Morgan fingerprint density at radius 1 is 1.13 bits per heavy atom. The molecule has 31 heavy (non-hydrogen) atoms. The molecule has 2 amide bonds. The fourth-order valence-electron chi connectivity index (χ4n) is 3.61. The van der Waals surface area contributed by atoms with Crippen LogP contribution in [0.5, 0.6) is 5.75 Å². The summed E-state index contributed by atoms with van der Waals surface area (Å²) in [4.78, 5) is 36.9. The van der Waals surface area contributed by atoms with Gasteiger partial charge in [0.15, 0.2) is 11.4 Å². The van der Waals surface area contributed by atoms with E-state index in [4.69, 9.17) is 0 Å². The number of carbonyl (C=O) groups excluding carboxylic acids is 2. The normalized spacial score (nSPS) is 14.0. The molecule has 3 heterocycles. The molecule has 0 unspecified atom stereocenters. The Kier molecular flexibility index (Phi) is 5.66. The van der Waals surface area contributed by atoms with Crippen LogP contribution in [0.25, 0.3) is 10.9 Å². The number of amides is 2. The molecule has 0 radical (unpaired) electrons. The maximum absolute atomic E-state index is 13.1. The van der Waals surface area contributed by atoms with Crippen molar-refractivity contribution in [3.05, 3.63) is 59.7 Å². The highest BCUT2D eigenvalue weighted by Gasteiger charge is 2.25. The number of hydrogen-bond acceptors (Lipinski definition) is 6. The molecule has 9 heteroatoms. The first kappa shape index (κ1) is 20.5. The highest BCUT2D eigenvalue weighted by atomic mass is 19.1. The second kappa shape index (κ2) is 8.55. The minimum absolute atomic E-state index is 0.0192. The topological polar surface area (TPSA) is 98.7 Å². The third kappa shape index (κ3) is 4.25. The van der Waals surface area contributed by atoms with Gasteiger partial charge in [-0.25, -0.2) is 9.37 Å². The van der Waals surface area contributed by atoms with Gasteiger partial charge in [-0.1, -0.05) is 12.1 Å². The van der Waals surface area contributed by atoms with Crippen molar-refractivity contribution < 1.29 is 19.1 Å². The predicted molar refractivity (Wildman–Crippen MR) is 113 cm³/mol. The summed E-state index contributed by atoms with van der Waals surface area (Å²) in [6.45, 7) is 3.90. The number of nitrogens with one attached hydrogen (secondary N) is 1. The van der Waals surface area contributed by atoms with E-state index >= 15 is 0 Å². The van der Waals surface area contributed by atoms with Crippen LogP contribution in [0.15, 0.2) is 42.6 Å². The average Bonchev–Trinajstić information content (AvgIpc) is 2.79. The van der Waals surface area contributed by atoms with Crippen LogP contribution in [0, 0.1) is 5.82 Å². The molecule has 0 atom stereocenters. The number of aromatic hydroxyl groups is 1. The Balaban J connectivity index is 1.63. The summed E-state index contributed by atoms with van der Waals surface area (Å²) >= 11 is 0. The van der Waals surface area contributed by atoms with Crippen molar-refractivity contribution in [2.75, 3.05) is 31.1 Å². The number of nitrogens with zero attached hydrogens (tertiary/aromatic N) is 4. The van der Waals surface area contributed by atoms with Crippen LogP contribution >= 0.6 is 0 Å². The number of anilines is 1. The molecule has 0 aliphatic carbocycles. The van der Waals surface area contributed by atoms with Gasteiger partial charge in [0, 0.05) is 51.2 Å². The van der Waals surface area contributed by atoms with E-state index in [1.807, 2.05) is 4.90 Å². The van der Waals surface area contributed by atoms with Crippen LogP contribution in [-0.4, -0.2) is 58.0 Å². The minimum atomic E-state index is -0.557. The van der Waals surface area contributed by atoms with Crippen LogP contribution in [0.4, 0.5) is 10.2 Å². The maximum Gasteiger partial charge on any atom is 0.274 e. The summed E-state index contributed by atoms with van der Waals surface area (Å²) in [5, 5.41) is 14.0. The summed E-state index contributed by atoms with van der Waals surface area (Å²) in [6.07, 6.45) is 1.54. The molecule has 160 valence electrons. The van der Waals surface area contributed by atoms with Gasteiger partial charge >= 0.3 is 0 Å². The highest BCUT2D eigenvalue weighted by molar-refractivity contribution is 6.03. The fraction of sp³-hybridized carbons (Fsp3) is 0.273. The molecule has 1 saturated heterocycles. The van der Waals surface area contributed by atoms with Gasteiger partial charge < -0.3 is 20.2 Å². The van der Waals surface area contributed by atoms with Crippen LogP contribution in [0.3, 0.4) is 0 Å². The maximum atomic E-state index is 13.1. The molecule has 2 aromatic heterocycles. The number of piperazine rings is 1. The number of halogens is 1. The summed E-state index contributed by atoms with van der Waals surface area (Å²) in [7, 11) is 0. The summed E-state index contributed by atoms with van der Waals surface area (Å²) in [5.74, 6) is -0.650. The van der Waals surface area contributed by atoms with Gasteiger partial charge in [-0.05, 0) is 29.8 Å². The molecule has 2 N–H and O–H groups in total. The summed E-state index contributed by atoms with van der Waals surface area (Å²) in [6, 6.07) is 9.32. The average molecular weight is 423 g/mol. The van der Waals surface area contributed by atoms with E-state index in [9.17, 15) is 19.1 Å². The van der Waals surface area contributed by atoms with Gasteiger partial charge in [-0.2, -0.15) is 0 Å². The molecule has 1 aliphatic rings. The molecule has 1 fully saturated rings. The van der Waals surface area contributed by atoms with Gasteiger partial charge in [-0.3, -0.25) is 14.6 Å². The van der Waals surface area contributed by atoms with E-state index in [-0.39, 0.29) is 35.2 Å². The summed E-state index contributed by atoms with van der Waals surface area (Å²) in [5.41, 5.74) is 0.875. The van der Waals surface area contributed by atoms with Crippen molar-refractivity contribution in [2.24, 2.45) is 0 Å². The zero-order chi connectivity index (χ0) is 22.0. The van der Waals surface area contributed by atoms with E-state index in [0.717, 1.165) is 0 Å². The largest absolute Gasteiger partial charge is 0.504 e. The van der Waals surface area contributed by atoms with Crippen LogP contribution in [-0.2, 0) is 11.3 Å². The number of fused-ring (bicyclic) bond motifs is 1. The first-order chi connectivity index (χ1) is 14.9. The molecule has 3 aromatic rings. The standard InChI is InChI=1S/C22H22FN5O3/c1-14(29)27-9-11-28(12-10-27)21-17-3-2-8-24-18(17)20(30)19(26-21)22(31)25-13-15-4-6-16(23)7-5-15/h2-8,30H,9-13H2,1H3,(H,25,31).